The fraction of sp³-hybridized carbons (Fsp3) is 0.368. The van der Waals surface area contributed by atoms with Gasteiger partial charge in [-0.25, -0.2) is 4.98 Å². The molecule has 3 N–H and O–H groups in total. The number of nitrogens with zero attached hydrogens (tertiary/aromatic N) is 1. The number of nitrogens with one attached hydrogen (secondary N) is 3. The van der Waals surface area contributed by atoms with Gasteiger partial charge in [0.05, 0.1) is 6.04 Å². The first-order valence-electron chi connectivity index (χ1n) is 8.82. The number of carbonyl (C=O) groups is 1. The monoisotopic (exact) mass is 338 g/mol. The van der Waals surface area contributed by atoms with Crippen molar-refractivity contribution in [3.63, 3.8) is 0 Å². The zero-order chi connectivity index (χ0) is 17.1. The number of aromatic amines is 1. The van der Waals surface area contributed by atoms with Gasteiger partial charge >= 0.3 is 0 Å². The molecule has 1 atom stereocenters. The van der Waals surface area contributed by atoms with E-state index >= 15 is 0 Å². The van der Waals surface area contributed by atoms with E-state index in [2.05, 4.69) is 44.9 Å². The number of amides is 1. The molecular weight excluding hydrogens is 316 g/mol. The molecule has 1 fully saturated rings. The minimum Gasteiger partial charge on any atom is -0.446 e. The first kappa shape index (κ1) is 15.9. The van der Waals surface area contributed by atoms with Crippen molar-refractivity contribution < 1.29 is 9.21 Å². The van der Waals surface area contributed by atoms with Crippen molar-refractivity contribution in [2.75, 3.05) is 13.1 Å². The van der Waals surface area contributed by atoms with Crippen LogP contribution in [0.4, 0.5) is 0 Å². The van der Waals surface area contributed by atoms with Crippen molar-refractivity contribution in [1.82, 2.24) is 20.6 Å². The topological polar surface area (TPSA) is 83.0 Å². The van der Waals surface area contributed by atoms with Gasteiger partial charge in [0.15, 0.2) is 17.8 Å². The fourth-order valence-corrected chi connectivity index (χ4v) is 3.41. The summed E-state index contributed by atoms with van der Waals surface area (Å²) in [6.07, 6.45) is 7.36. The molecule has 1 aliphatic rings. The highest BCUT2D eigenvalue weighted by Crippen LogP contribution is 2.25. The van der Waals surface area contributed by atoms with Crippen LogP contribution in [-0.2, 0) is 6.42 Å². The number of benzene rings is 1. The van der Waals surface area contributed by atoms with Crippen LogP contribution in [-0.4, -0.2) is 29.0 Å². The van der Waals surface area contributed by atoms with E-state index in [1.54, 1.807) is 0 Å². The minimum absolute atomic E-state index is 0.0907. The van der Waals surface area contributed by atoms with Crippen LogP contribution in [0.25, 0.3) is 10.9 Å². The Hall–Kier alpha value is -2.60. The third-order valence-electron chi connectivity index (χ3n) is 4.75. The van der Waals surface area contributed by atoms with E-state index in [1.807, 2.05) is 6.20 Å². The smallest absolute Gasteiger partial charge is 0.273 e. The van der Waals surface area contributed by atoms with Crippen molar-refractivity contribution >= 4 is 16.8 Å². The summed E-state index contributed by atoms with van der Waals surface area (Å²) in [6.45, 7) is 1.52. The van der Waals surface area contributed by atoms with E-state index in [4.69, 9.17) is 4.42 Å². The van der Waals surface area contributed by atoms with Gasteiger partial charge in [0, 0.05) is 18.3 Å². The van der Waals surface area contributed by atoms with E-state index in [9.17, 15) is 4.79 Å². The molecule has 0 saturated carbocycles. The highest BCUT2D eigenvalue weighted by molar-refractivity contribution is 5.93. The Morgan fingerprint density at radius 3 is 3.16 bits per heavy atom. The molecule has 0 bridgehead atoms. The average molecular weight is 338 g/mol. The summed E-state index contributed by atoms with van der Waals surface area (Å²) in [5, 5.41) is 7.54. The van der Waals surface area contributed by atoms with Crippen LogP contribution in [0, 0.1) is 0 Å². The van der Waals surface area contributed by atoms with E-state index in [0.29, 0.717) is 18.0 Å². The Labute approximate surface area is 146 Å². The summed E-state index contributed by atoms with van der Waals surface area (Å²) in [6, 6.07) is 8.44. The number of oxazole rings is 1. The molecule has 2 aromatic heterocycles. The number of fused-ring (bicyclic) bond motifs is 1. The van der Waals surface area contributed by atoms with Gasteiger partial charge in [0.25, 0.3) is 5.91 Å². The summed E-state index contributed by atoms with van der Waals surface area (Å²) >= 11 is 0. The Bertz CT molecular complexity index is 861. The maximum atomic E-state index is 12.5. The summed E-state index contributed by atoms with van der Waals surface area (Å²) < 4.78 is 5.49. The van der Waals surface area contributed by atoms with Gasteiger partial charge in [-0.05, 0) is 55.0 Å². The molecule has 1 amide bonds. The average Bonchev–Trinajstić information content (AvgIpc) is 3.31. The fourth-order valence-electron chi connectivity index (χ4n) is 3.41. The molecule has 3 heterocycles. The molecule has 3 aromatic rings. The molecule has 1 saturated heterocycles. The first-order valence-corrected chi connectivity index (χ1v) is 8.82. The lowest BCUT2D eigenvalue weighted by molar-refractivity contribution is 0.0946. The predicted octanol–water partition coefficient (Wildman–Crippen LogP) is 2.94. The van der Waals surface area contributed by atoms with Crippen LogP contribution in [0.15, 0.2) is 41.3 Å². The number of piperidine rings is 1. The predicted molar refractivity (Wildman–Crippen MR) is 95.4 cm³/mol. The molecule has 0 spiro atoms. The van der Waals surface area contributed by atoms with Gasteiger partial charge in [0.2, 0.25) is 0 Å². The zero-order valence-corrected chi connectivity index (χ0v) is 14.0. The van der Waals surface area contributed by atoms with Crippen LogP contribution in [0.2, 0.25) is 0 Å². The molecule has 1 unspecified atom stereocenters. The summed E-state index contributed by atoms with van der Waals surface area (Å²) in [7, 11) is 0. The Kier molecular flexibility index (Phi) is 4.52. The van der Waals surface area contributed by atoms with Crippen LogP contribution in [0.1, 0.15) is 47.1 Å². The Balaban J connectivity index is 1.36. The largest absolute Gasteiger partial charge is 0.446 e. The molecule has 4 rings (SSSR count). The normalized spacial score (nSPS) is 17.7. The summed E-state index contributed by atoms with van der Waals surface area (Å²) in [5.41, 5.74) is 2.72. The minimum atomic E-state index is -0.168. The first-order chi connectivity index (χ1) is 12.3. The Morgan fingerprint density at radius 2 is 2.28 bits per heavy atom. The van der Waals surface area contributed by atoms with Crippen LogP contribution in [0.3, 0.4) is 0 Å². The number of rotatable bonds is 5. The van der Waals surface area contributed by atoms with Crippen molar-refractivity contribution in [2.45, 2.75) is 31.7 Å². The number of carbonyl (C=O) groups excluding carboxylic acids is 1. The number of H-pyrrole nitrogens is 1. The van der Waals surface area contributed by atoms with E-state index in [1.165, 1.54) is 17.3 Å². The molecular formula is C19H22N4O2. The molecule has 0 aliphatic carbocycles. The number of hydrogen-bond donors (Lipinski definition) is 3. The van der Waals surface area contributed by atoms with Gasteiger partial charge in [-0.2, -0.15) is 0 Å². The van der Waals surface area contributed by atoms with E-state index in [-0.39, 0.29) is 11.9 Å². The van der Waals surface area contributed by atoms with Gasteiger partial charge in [0.1, 0.15) is 0 Å². The van der Waals surface area contributed by atoms with Crippen LogP contribution < -0.4 is 10.6 Å². The molecule has 6 heteroatoms. The lowest BCUT2D eigenvalue weighted by atomic mass is 10.0. The second-order valence-corrected chi connectivity index (χ2v) is 6.47. The van der Waals surface area contributed by atoms with Gasteiger partial charge in [-0.3, -0.25) is 4.79 Å². The van der Waals surface area contributed by atoms with Crippen molar-refractivity contribution in [1.29, 1.82) is 0 Å². The molecule has 1 aliphatic heterocycles. The quantitative estimate of drug-likeness (QED) is 0.668. The third-order valence-corrected chi connectivity index (χ3v) is 4.75. The second-order valence-electron chi connectivity index (χ2n) is 6.47. The molecule has 25 heavy (non-hydrogen) atoms. The van der Waals surface area contributed by atoms with Gasteiger partial charge in [-0.15, -0.1) is 0 Å². The second kappa shape index (κ2) is 7.11. The lowest BCUT2D eigenvalue weighted by Crippen LogP contribution is -2.31. The van der Waals surface area contributed by atoms with Crippen LogP contribution in [0.5, 0.6) is 0 Å². The van der Waals surface area contributed by atoms with E-state index in [0.717, 1.165) is 37.7 Å². The summed E-state index contributed by atoms with van der Waals surface area (Å²) in [4.78, 5) is 19.8. The van der Waals surface area contributed by atoms with Gasteiger partial charge < -0.3 is 20.0 Å². The maximum absolute atomic E-state index is 12.5. The highest BCUT2D eigenvalue weighted by Gasteiger charge is 2.25. The van der Waals surface area contributed by atoms with E-state index < -0.39 is 0 Å². The molecule has 1 aromatic carbocycles. The zero-order valence-electron chi connectivity index (χ0n) is 14.0. The Morgan fingerprint density at radius 1 is 1.32 bits per heavy atom. The lowest BCUT2D eigenvalue weighted by Gasteiger charge is -2.21. The van der Waals surface area contributed by atoms with Crippen molar-refractivity contribution in [3.05, 3.63) is 53.9 Å². The molecule has 0 radical (unpaired) electrons. The number of aromatic nitrogens is 2. The summed E-state index contributed by atoms with van der Waals surface area (Å²) in [5.74, 6) is 0.491. The van der Waals surface area contributed by atoms with Gasteiger partial charge in [-0.1, -0.05) is 12.5 Å². The number of hydrogen-bond acceptors (Lipinski definition) is 4. The van der Waals surface area contributed by atoms with Crippen LogP contribution >= 0.6 is 0 Å². The standard InChI is InChI=1S/C19H22N4O2/c24-19(17-18(25-12-23-17)16-3-1-2-8-20-16)22-9-6-13-4-5-15-14(11-13)7-10-21-15/h4-5,7,10-12,16,20-21H,1-3,6,8-9H2,(H,22,24). The maximum Gasteiger partial charge on any atom is 0.273 e. The molecule has 130 valence electrons. The van der Waals surface area contributed by atoms with Crippen molar-refractivity contribution in [3.8, 4) is 0 Å². The SMILES string of the molecule is O=C(NCCc1ccc2[nH]ccc2c1)c1ncoc1C1CCCCN1. The highest BCUT2D eigenvalue weighted by atomic mass is 16.3. The molecule has 6 nitrogen and oxygen atoms in total. The van der Waals surface area contributed by atoms with Crippen molar-refractivity contribution in [2.24, 2.45) is 0 Å². The third kappa shape index (κ3) is 3.44.